The van der Waals surface area contributed by atoms with Crippen molar-refractivity contribution in [2.24, 2.45) is 10.2 Å². The van der Waals surface area contributed by atoms with Crippen LogP contribution in [0.5, 0.6) is 0 Å². The van der Waals surface area contributed by atoms with Gasteiger partial charge in [0.15, 0.2) is 6.29 Å². The first-order valence-corrected chi connectivity index (χ1v) is 9.74. The maximum Gasteiger partial charge on any atom is 0.187 e. The number of aliphatic hydroxyl groups is 8. The van der Waals surface area contributed by atoms with Gasteiger partial charge in [0.2, 0.25) is 0 Å². The molecule has 1 fully saturated rings. The Kier molecular flexibility index (Phi) is 9.84. The molecule has 0 saturated carbocycles. The van der Waals surface area contributed by atoms with Crippen molar-refractivity contribution in [3.63, 3.8) is 0 Å². The Morgan fingerprint density at radius 2 is 1.61 bits per heavy atom. The lowest BCUT2D eigenvalue weighted by atomic mass is 9.98. The molecule has 176 valence electrons. The Morgan fingerprint density at radius 3 is 2.19 bits per heavy atom. The molecule has 12 heteroatoms. The van der Waals surface area contributed by atoms with Crippen molar-refractivity contribution in [1.82, 2.24) is 0 Å². The van der Waals surface area contributed by atoms with Crippen LogP contribution >= 0.6 is 0 Å². The number of hydrogen-bond donors (Lipinski definition) is 8. The predicted molar refractivity (Wildman–Crippen MR) is 104 cm³/mol. The van der Waals surface area contributed by atoms with Crippen LogP contribution in [0.1, 0.15) is 5.56 Å². The molecule has 1 heterocycles. The Morgan fingerprint density at radius 1 is 0.968 bits per heavy atom. The van der Waals surface area contributed by atoms with E-state index in [1.807, 2.05) is 19.1 Å². The summed E-state index contributed by atoms with van der Waals surface area (Å²) in [7, 11) is 0. The Balaban J connectivity index is 2.17. The second kappa shape index (κ2) is 11.9. The highest BCUT2D eigenvalue weighted by Gasteiger charge is 2.46. The molecular weight excluding hydrogens is 416 g/mol. The lowest BCUT2D eigenvalue weighted by molar-refractivity contribution is -0.319. The first-order valence-electron chi connectivity index (χ1n) is 9.74. The summed E-state index contributed by atoms with van der Waals surface area (Å²) in [5, 5.41) is 86.2. The first kappa shape index (κ1) is 25.7. The van der Waals surface area contributed by atoms with Crippen LogP contribution in [0.4, 0.5) is 5.69 Å². The van der Waals surface area contributed by atoms with E-state index in [1.54, 1.807) is 12.1 Å². The summed E-state index contributed by atoms with van der Waals surface area (Å²) in [6.45, 7) is 0.0155. The van der Waals surface area contributed by atoms with Crippen molar-refractivity contribution in [3.05, 3.63) is 29.8 Å². The van der Waals surface area contributed by atoms with Crippen LogP contribution in [0, 0.1) is 6.92 Å². The smallest absolute Gasteiger partial charge is 0.187 e. The summed E-state index contributed by atoms with van der Waals surface area (Å²) >= 11 is 0. The number of hydrogen-bond acceptors (Lipinski definition) is 12. The van der Waals surface area contributed by atoms with Gasteiger partial charge in [-0.25, -0.2) is 0 Å². The second-order valence-corrected chi connectivity index (χ2v) is 7.36. The summed E-state index contributed by atoms with van der Waals surface area (Å²) in [4.78, 5) is 0. The molecule has 0 aliphatic carbocycles. The minimum absolute atomic E-state index is 0.362. The molecule has 9 atom stereocenters. The van der Waals surface area contributed by atoms with Gasteiger partial charge < -0.3 is 50.3 Å². The van der Waals surface area contributed by atoms with Crippen LogP contribution < -0.4 is 0 Å². The quantitative estimate of drug-likeness (QED) is 0.175. The van der Waals surface area contributed by atoms with Gasteiger partial charge in [0.05, 0.1) is 25.4 Å². The topological polar surface area (TPSA) is 205 Å². The highest BCUT2D eigenvalue weighted by Crippen LogP contribution is 2.24. The van der Waals surface area contributed by atoms with E-state index < -0.39 is 68.3 Å². The van der Waals surface area contributed by atoms with Crippen LogP contribution in [0.3, 0.4) is 0 Å². The first-order chi connectivity index (χ1) is 14.7. The highest BCUT2D eigenvalue weighted by molar-refractivity contribution is 5.37. The monoisotopic (exact) mass is 446 g/mol. The normalized spacial score (nSPS) is 30.8. The number of rotatable bonds is 10. The van der Waals surface area contributed by atoms with Crippen molar-refractivity contribution in [2.75, 3.05) is 19.8 Å². The molecule has 0 aromatic heterocycles. The lowest BCUT2D eigenvalue weighted by Crippen LogP contribution is -2.61. The number of ether oxygens (including phenoxy) is 2. The second-order valence-electron chi connectivity index (χ2n) is 7.36. The van der Waals surface area contributed by atoms with Gasteiger partial charge in [0, 0.05) is 0 Å². The average molecular weight is 446 g/mol. The molecule has 0 spiro atoms. The Hall–Kier alpha value is -1.58. The van der Waals surface area contributed by atoms with Gasteiger partial charge in [-0.3, -0.25) is 0 Å². The third-order valence-corrected chi connectivity index (χ3v) is 4.95. The molecule has 8 N–H and O–H groups in total. The minimum atomic E-state index is -1.84. The van der Waals surface area contributed by atoms with Crippen molar-refractivity contribution in [3.8, 4) is 0 Å². The Labute approximate surface area is 178 Å². The van der Waals surface area contributed by atoms with E-state index in [2.05, 4.69) is 10.2 Å². The van der Waals surface area contributed by atoms with E-state index in [1.165, 1.54) is 0 Å². The van der Waals surface area contributed by atoms with E-state index in [0.717, 1.165) is 5.56 Å². The lowest BCUT2D eigenvalue weighted by Gasteiger charge is -2.41. The van der Waals surface area contributed by atoms with Crippen LogP contribution in [0.15, 0.2) is 34.5 Å². The molecule has 0 radical (unpaired) electrons. The van der Waals surface area contributed by atoms with E-state index >= 15 is 0 Å². The van der Waals surface area contributed by atoms with Crippen molar-refractivity contribution in [2.45, 2.75) is 62.0 Å². The molecule has 12 nitrogen and oxygen atoms in total. The molecule has 1 saturated heterocycles. The van der Waals surface area contributed by atoms with Gasteiger partial charge in [0.25, 0.3) is 0 Å². The van der Waals surface area contributed by atoms with Crippen LogP contribution in [0.25, 0.3) is 0 Å². The van der Waals surface area contributed by atoms with E-state index in [0.29, 0.717) is 5.69 Å². The zero-order valence-corrected chi connectivity index (χ0v) is 16.9. The number of azo groups is 1. The molecule has 1 aromatic rings. The fourth-order valence-corrected chi connectivity index (χ4v) is 2.95. The molecule has 0 unspecified atom stereocenters. The van der Waals surface area contributed by atoms with Gasteiger partial charge in [-0.1, -0.05) is 17.7 Å². The number of benzene rings is 1. The largest absolute Gasteiger partial charge is 0.394 e. The fraction of sp³-hybridized carbons (Fsp3) is 0.684. The molecule has 1 aromatic carbocycles. The fourth-order valence-electron chi connectivity index (χ4n) is 2.95. The van der Waals surface area contributed by atoms with E-state index in [-0.39, 0.29) is 6.54 Å². The molecule has 2 rings (SSSR count). The summed E-state index contributed by atoms with van der Waals surface area (Å²) < 4.78 is 10.7. The maximum absolute atomic E-state index is 10.4. The predicted octanol–water partition coefficient (Wildman–Crippen LogP) is -2.66. The zero-order chi connectivity index (χ0) is 23.1. The SMILES string of the molecule is Cc1ccc(N=NC[C@H](O[C@@H]2O[C@H](CO)[C@@H](O)[C@H](O)[C@H]2O)[C@@H](O)[C@H](O)[C@H](O)CO)cc1. The summed E-state index contributed by atoms with van der Waals surface area (Å²) in [5.41, 5.74) is 1.52. The van der Waals surface area contributed by atoms with Crippen molar-refractivity contribution >= 4 is 5.69 Å². The van der Waals surface area contributed by atoms with Gasteiger partial charge in [-0.15, -0.1) is 0 Å². The molecular formula is C19H30N2O10. The molecule has 0 amide bonds. The number of nitrogens with zero attached hydrogens (tertiary/aromatic N) is 2. The van der Waals surface area contributed by atoms with Gasteiger partial charge in [-0.05, 0) is 19.1 Å². The van der Waals surface area contributed by atoms with Gasteiger partial charge in [0.1, 0.15) is 48.8 Å². The maximum atomic E-state index is 10.4. The van der Waals surface area contributed by atoms with Crippen LogP contribution in [-0.4, -0.2) is 116 Å². The standard InChI is InChI=1S/C19H30N2O10/c1-9-2-4-10(5-3-9)21-20-6-12(15(26)14(25)11(24)7-22)30-19-18(29)17(28)16(27)13(8-23)31-19/h2-5,11-19,22-29H,6-8H2,1H3/t11-,12+,13-,14-,15-,16-,17+,18-,19-/m1/s1. The van der Waals surface area contributed by atoms with E-state index in [9.17, 15) is 35.7 Å². The third kappa shape index (κ3) is 6.70. The summed E-state index contributed by atoms with van der Waals surface area (Å²) in [6, 6.07) is 7.03. The van der Waals surface area contributed by atoms with Crippen LogP contribution in [0.2, 0.25) is 0 Å². The zero-order valence-electron chi connectivity index (χ0n) is 16.9. The molecule has 1 aliphatic rings. The average Bonchev–Trinajstić information content (AvgIpc) is 2.78. The minimum Gasteiger partial charge on any atom is -0.394 e. The summed E-state index contributed by atoms with van der Waals surface area (Å²) in [5.74, 6) is 0. The summed E-state index contributed by atoms with van der Waals surface area (Å²) in [6.07, 6.45) is -14.7. The molecule has 0 bridgehead atoms. The molecule has 31 heavy (non-hydrogen) atoms. The number of aryl methyl sites for hydroxylation is 1. The highest BCUT2D eigenvalue weighted by atomic mass is 16.7. The molecule has 1 aliphatic heterocycles. The van der Waals surface area contributed by atoms with Gasteiger partial charge >= 0.3 is 0 Å². The van der Waals surface area contributed by atoms with Crippen molar-refractivity contribution < 1.29 is 50.3 Å². The third-order valence-electron chi connectivity index (χ3n) is 4.95. The Bertz CT molecular complexity index is 689. The van der Waals surface area contributed by atoms with Crippen molar-refractivity contribution in [1.29, 1.82) is 0 Å². The number of aliphatic hydroxyl groups excluding tert-OH is 8. The van der Waals surface area contributed by atoms with Crippen LogP contribution in [-0.2, 0) is 9.47 Å². The van der Waals surface area contributed by atoms with E-state index in [4.69, 9.17) is 14.6 Å². The van der Waals surface area contributed by atoms with Gasteiger partial charge in [-0.2, -0.15) is 10.2 Å².